The Morgan fingerprint density at radius 3 is 2.61 bits per heavy atom. The van der Waals surface area contributed by atoms with Crippen molar-refractivity contribution < 1.29 is 8.42 Å². The number of nitrogens with one attached hydrogen (secondary N) is 1. The Morgan fingerprint density at radius 2 is 2.22 bits per heavy atom. The van der Waals surface area contributed by atoms with Gasteiger partial charge in [-0.3, -0.25) is 0 Å². The molecule has 0 saturated heterocycles. The van der Waals surface area contributed by atoms with E-state index in [0.717, 1.165) is 25.7 Å². The van der Waals surface area contributed by atoms with E-state index in [9.17, 15) is 8.42 Å². The molecule has 1 saturated carbocycles. The SMILES string of the molecule is CCC1(NS(=O)(=O)c2ccc(C#N)nc2)CCC1. The van der Waals surface area contributed by atoms with Crippen LogP contribution in [0.1, 0.15) is 38.3 Å². The molecular formula is C12H15N3O2S. The predicted molar refractivity (Wildman–Crippen MR) is 66.1 cm³/mol. The summed E-state index contributed by atoms with van der Waals surface area (Å²) in [7, 11) is -3.54. The second kappa shape index (κ2) is 4.67. The van der Waals surface area contributed by atoms with Gasteiger partial charge in [0.05, 0.1) is 0 Å². The van der Waals surface area contributed by atoms with Crippen molar-refractivity contribution in [3.63, 3.8) is 0 Å². The average Bonchev–Trinajstić information content (AvgIpc) is 2.34. The molecule has 2 rings (SSSR count). The third-order valence-electron chi connectivity index (χ3n) is 3.50. The van der Waals surface area contributed by atoms with Crippen LogP contribution in [-0.4, -0.2) is 18.9 Å². The van der Waals surface area contributed by atoms with Gasteiger partial charge in [-0.1, -0.05) is 6.92 Å². The van der Waals surface area contributed by atoms with Crippen LogP contribution in [0.4, 0.5) is 0 Å². The topological polar surface area (TPSA) is 82.9 Å². The maximum Gasteiger partial charge on any atom is 0.242 e. The molecule has 1 N–H and O–H groups in total. The number of rotatable bonds is 4. The van der Waals surface area contributed by atoms with Crippen LogP contribution in [0.25, 0.3) is 0 Å². The van der Waals surface area contributed by atoms with Crippen molar-refractivity contribution in [2.24, 2.45) is 0 Å². The minimum Gasteiger partial charge on any atom is -0.244 e. The van der Waals surface area contributed by atoms with E-state index in [1.54, 1.807) is 0 Å². The third kappa shape index (κ3) is 2.37. The quantitative estimate of drug-likeness (QED) is 0.895. The van der Waals surface area contributed by atoms with Crippen LogP contribution >= 0.6 is 0 Å². The van der Waals surface area contributed by atoms with Gasteiger partial charge in [-0.2, -0.15) is 5.26 Å². The van der Waals surface area contributed by atoms with Crippen molar-refractivity contribution in [3.8, 4) is 6.07 Å². The van der Waals surface area contributed by atoms with Gasteiger partial charge in [0, 0.05) is 11.7 Å². The fraction of sp³-hybridized carbons (Fsp3) is 0.500. The Bertz CT molecular complexity index is 563. The van der Waals surface area contributed by atoms with Crippen molar-refractivity contribution in [1.29, 1.82) is 5.26 Å². The zero-order valence-corrected chi connectivity index (χ0v) is 11.0. The molecule has 0 unspecified atom stereocenters. The minimum absolute atomic E-state index is 0.112. The highest BCUT2D eigenvalue weighted by Crippen LogP contribution is 2.35. The Kier molecular flexibility index (Phi) is 3.37. The first-order valence-corrected chi connectivity index (χ1v) is 7.40. The summed E-state index contributed by atoms with van der Waals surface area (Å²) < 4.78 is 27.1. The number of nitriles is 1. The number of hydrogen-bond acceptors (Lipinski definition) is 4. The molecule has 0 aliphatic heterocycles. The van der Waals surface area contributed by atoms with Crippen LogP contribution < -0.4 is 4.72 Å². The van der Waals surface area contributed by atoms with Crippen LogP contribution in [0.3, 0.4) is 0 Å². The highest BCUT2D eigenvalue weighted by Gasteiger charge is 2.39. The summed E-state index contributed by atoms with van der Waals surface area (Å²) in [5.41, 5.74) is -0.0741. The van der Waals surface area contributed by atoms with Gasteiger partial charge in [0.2, 0.25) is 10.0 Å². The summed E-state index contributed by atoms with van der Waals surface area (Å²) >= 11 is 0. The second-order valence-corrected chi connectivity index (χ2v) is 6.27. The largest absolute Gasteiger partial charge is 0.244 e. The zero-order chi connectivity index (χ0) is 13.2. The fourth-order valence-corrected chi connectivity index (χ4v) is 3.56. The standard InChI is InChI=1S/C12H15N3O2S/c1-2-12(6-3-7-12)15-18(16,17)11-5-4-10(8-13)14-9-11/h4-5,9,15H,2-3,6-7H2,1H3. The van der Waals surface area contributed by atoms with Gasteiger partial charge in [0.15, 0.2) is 0 Å². The van der Waals surface area contributed by atoms with E-state index in [4.69, 9.17) is 5.26 Å². The molecule has 1 aliphatic carbocycles. The molecule has 0 radical (unpaired) electrons. The molecule has 0 atom stereocenters. The van der Waals surface area contributed by atoms with E-state index in [1.807, 2.05) is 13.0 Å². The van der Waals surface area contributed by atoms with Gasteiger partial charge < -0.3 is 0 Å². The predicted octanol–water partition coefficient (Wildman–Crippen LogP) is 1.56. The van der Waals surface area contributed by atoms with E-state index in [1.165, 1.54) is 18.3 Å². The number of sulfonamides is 1. The molecule has 1 fully saturated rings. The molecule has 1 aliphatic rings. The molecule has 1 aromatic rings. The van der Waals surface area contributed by atoms with Crippen LogP contribution in [0.2, 0.25) is 0 Å². The van der Waals surface area contributed by atoms with Crippen molar-refractivity contribution in [2.45, 2.75) is 43.0 Å². The third-order valence-corrected chi connectivity index (χ3v) is 5.06. The average molecular weight is 265 g/mol. The first kappa shape index (κ1) is 13.0. The summed E-state index contributed by atoms with van der Waals surface area (Å²) in [5, 5.41) is 8.63. The van der Waals surface area contributed by atoms with E-state index in [0.29, 0.717) is 0 Å². The summed E-state index contributed by atoms with van der Waals surface area (Å²) in [4.78, 5) is 3.90. The summed E-state index contributed by atoms with van der Waals surface area (Å²) in [6.07, 6.45) is 4.83. The van der Waals surface area contributed by atoms with E-state index in [2.05, 4.69) is 9.71 Å². The van der Waals surface area contributed by atoms with Crippen molar-refractivity contribution in [1.82, 2.24) is 9.71 Å². The fourth-order valence-electron chi connectivity index (χ4n) is 2.08. The Labute approximate surface area is 107 Å². The molecule has 1 heterocycles. The number of hydrogen-bond donors (Lipinski definition) is 1. The summed E-state index contributed by atoms with van der Waals surface area (Å²) in [6.45, 7) is 1.98. The zero-order valence-electron chi connectivity index (χ0n) is 10.2. The maximum atomic E-state index is 12.2. The molecule has 0 amide bonds. The van der Waals surface area contributed by atoms with Gasteiger partial charge in [0.1, 0.15) is 16.7 Å². The summed E-state index contributed by atoms with van der Waals surface area (Å²) in [5.74, 6) is 0. The molecule has 0 spiro atoms. The van der Waals surface area contributed by atoms with Gasteiger partial charge in [-0.25, -0.2) is 18.1 Å². The minimum atomic E-state index is -3.54. The molecule has 0 aromatic carbocycles. The number of pyridine rings is 1. The highest BCUT2D eigenvalue weighted by atomic mass is 32.2. The maximum absolute atomic E-state index is 12.2. The molecule has 18 heavy (non-hydrogen) atoms. The van der Waals surface area contributed by atoms with E-state index >= 15 is 0 Å². The monoisotopic (exact) mass is 265 g/mol. The van der Waals surface area contributed by atoms with Gasteiger partial charge in [0.25, 0.3) is 0 Å². The van der Waals surface area contributed by atoms with Gasteiger partial charge >= 0.3 is 0 Å². The number of aromatic nitrogens is 1. The lowest BCUT2D eigenvalue weighted by Crippen LogP contribution is -2.52. The van der Waals surface area contributed by atoms with Gasteiger partial charge in [-0.15, -0.1) is 0 Å². The normalized spacial score (nSPS) is 17.8. The van der Waals surface area contributed by atoms with E-state index < -0.39 is 10.0 Å². The van der Waals surface area contributed by atoms with Crippen LogP contribution in [0.15, 0.2) is 23.2 Å². The summed E-state index contributed by atoms with van der Waals surface area (Å²) in [6, 6.07) is 4.68. The van der Waals surface area contributed by atoms with Crippen molar-refractivity contribution in [2.75, 3.05) is 0 Å². The lowest BCUT2D eigenvalue weighted by atomic mass is 9.76. The van der Waals surface area contributed by atoms with Crippen molar-refractivity contribution in [3.05, 3.63) is 24.0 Å². The Balaban J connectivity index is 2.22. The van der Waals surface area contributed by atoms with Crippen LogP contribution in [0, 0.1) is 11.3 Å². The lowest BCUT2D eigenvalue weighted by Gasteiger charge is -2.41. The van der Waals surface area contributed by atoms with Crippen LogP contribution in [-0.2, 0) is 10.0 Å². The molecule has 5 nitrogen and oxygen atoms in total. The highest BCUT2D eigenvalue weighted by molar-refractivity contribution is 7.89. The van der Waals surface area contributed by atoms with E-state index in [-0.39, 0.29) is 16.1 Å². The number of nitrogens with zero attached hydrogens (tertiary/aromatic N) is 2. The molecule has 96 valence electrons. The second-order valence-electron chi connectivity index (χ2n) is 4.58. The van der Waals surface area contributed by atoms with Crippen LogP contribution in [0.5, 0.6) is 0 Å². The molecule has 1 aromatic heterocycles. The Hall–Kier alpha value is -1.45. The van der Waals surface area contributed by atoms with Gasteiger partial charge in [-0.05, 0) is 37.8 Å². The Morgan fingerprint density at radius 1 is 1.50 bits per heavy atom. The molecule has 6 heteroatoms. The van der Waals surface area contributed by atoms with Crippen molar-refractivity contribution >= 4 is 10.0 Å². The molecular weight excluding hydrogens is 250 g/mol. The first-order chi connectivity index (χ1) is 8.51. The molecule has 0 bridgehead atoms. The lowest BCUT2D eigenvalue weighted by molar-refractivity contribution is 0.214. The first-order valence-electron chi connectivity index (χ1n) is 5.91. The smallest absolute Gasteiger partial charge is 0.242 e.